The number of amides is 2. The van der Waals surface area contributed by atoms with E-state index in [1.807, 2.05) is 9.80 Å². The van der Waals surface area contributed by atoms with E-state index >= 15 is 0 Å². The van der Waals surface area contributed by atoms with Gasteiger partial charge in [0.2, 0.25) is 11.8 Å². The molecule has 0 radical (unpaired) electrons. The zero-order valence-electron chi connectivity index (χ0n) is 16.0. The molecule has 0 atom stereocenters. The fraction of sp³-hybridized carbons (Fsp3) is 0.895. The molecule has 0 aromatic heterocycles. The Balaban J connectivity index is 0.00000243. The third kappa shape index (κ3) is 6.39. The lowest BCUT2D eigenvalue weighted by molar-refractivity contribution is -0.135. The molecule has 2 aliphatic heterocycles. The molecule has 3 aliphatic rings. The Morgan fingerprint density at radius 2 is 1.38 bits per heavy atom. The lowest BCUT2D eigenvalue weighted by Gasteiger charge is -2.35. The number of piperazine rings is 2. The van der Waals surface area contributed by atoms with Crippen molar-refractivity contribution in [1.82, 2.24) is 20.0 Å². The number of carbonyl (C=O) groups excluding carboxylic acids is 2. The molecular formula is C19H35ClN4O2. The summed E-state index contributed by atoms with van der Waals surface area (Å²) in [6.07, 6.45) is 7.76. The van der Waals surface area contributed by atoms with E-state index in [1.165, 1.54) is 25.7 Å². The fourth-order valence-electron chi connectivity index (χ4n) is 4.33. The first-order chi connectivity index (χ1) is 12.2. The summed E-state index contributed by atoms with van der Waals surface area (Å²) < 4.78 is 0. The minimum absolute atomic E-state index is 0. The molecule has 2 heterocycles. The predicted molar refractivity (Wildman–Crippen MR) is 106 cm³/mol. The first kappa shape index (κ1) is 21.5. The standard InChI is InChI=1S/C19H34N4O2.ClH/c24-18(6-5-17-3-1-2-4-17)23-15-13-21(14-16-23)10-7-19(25)22-11-8-20-9-12-22;/h17,20H,1-16H2;1H. The molecule has 0 aromatic rings. The smallest absolute Gasteiger partial charge is 0.223 e. The summed E-state index contributed by atoms with van der Waals surface area (Å²) in [6.45, 7) is 7.78. The maximum Gasteiger partial charge on any atom is 0.223 e. The van der Waals surface area contributed by atoms with Crippen molar-refractivity contribution in [3.63, 3.8) is 0 Å². The zero-order valence-corrected chi connectivity index (χ0v) is 16.8. The maximum atomic E-state index is 12.4. The highest BCUT2D eigenvalue weighted by molar-refractivity contribution is 5.85. The van der Waals surface area contributed by atoms with Gasteiger partial charge in [0, 0.05) is 71.7 Å². The van der Waals surface area contributed by atoms with Crippen molar-refractivity contribution in [3.8, 4) is 0 Å². The van der Waals surface area contributed by atoms with Crippen LogP contribution in [0.15, 0.2) is 0 Å². The molecule has 2 saturated heterocycles. The monoisotopic (exact) mass is 386 g/mol. The van der Waals surface area contributed by atoms with Crippen molar-refractivity contribution in [2.45, 2.75) is 44.9 Å². The van der Waals surface area contributed by atoms with Crippen LogP contribution >= 0.6 is 12.4 Å². The summed E-state index contributed by atoms with van der Waals surface area (Å²) >= 11 is 0. The van der Waals surface area contributed by atoms with Crippen LogP contribution in [0.1, 0.15) is 44.9 Å². The quantitative estimate of drug-likeness (QED) is 0.748. The predicted octanol–water partition coefficient (Wildman–Crippen LogP) is 1.34. The highest BCUT2D eigenvalue weighted by Crippen LogP contribution is 2.28. The first-order valence-electron chi connectivity index (χ1n) is 10.2. The van der Waals surface area contributed by atoms with Gasteiger partial charge in [-0.3, -0.25) is 14.5 Å². The second-order valence-corrected chi connectivity index (χ2v) is 7.79. The molecule has 7 heteroatoms. The minimum Gasteiger partial charge on any atom is -0.340 e. The zero-order chi connectivity index (χ0) is 17.5. The first-order valence-corrected chi connectivity index (χ1v) is 10.2. The number of hydrogen-bond donors (Lipinski definition) is 1. The van der Waals surface area contributed by atoms with Crippen LogP contribution in [0.3, 0.4) is 0 Å². The summed E-state index contributed by atoms with van der Waals surface area (Å²) in [7, 11) is 0. The Labute approximate surface area is 164 Å². The van der Waals surface area contributed by atoms with E-state index in [1.54, 1.807) is 0 Å². The van der Waals surface area contributed by atoms with Gasteiger partial charge in [0.1, 0.15) is 0 Å². The number of halogens is 1. The number of rotatable bonds is 6. The van der Waals surface area contributed by atoms with Crippen LogP contribution in [0, 0.1) is 5.92 Å². The van der Waals surface area contributed by atoms with Gasteiger partial charge in [0.05, 0.1) is 0 Å². The van der Waals surface area contributed by atoms with Gasteiger partial charge in [-0.25, -0.2) is 0 Å². The van der Waals surface area contributed by atoms with Crippen LogP contribution in [0.5, 0.6) is 0 Å². The van der Waals surface area contributed by atoms with Crippen molar-refractivity contribution < 1.29 is 9.59 Å². The van der Waals surface area contributed by atoms with Crippen molar-refractivity contribution in [2.24, 2.45) is 5.92 Å². The Kier molecular flexibility index (Phi) is 9.16. The van der Waals surface area contributed by atoms with Gasteiger partial charge in [-0.15, -0.1) is 12.4 Å². The molecule has 0 bridgehead atoms. The molecule has 26 heavy (non-hydrogen) atoms. The van der Waals surface area contributed by atoms with Crippen molar-refractivity contribution >= 4 is 24.2 Å². The van der Waals surface area contributed by atoms with Gasteiger partial charge < -0.3 is 15.1 Å². The van der Waals surface area contributed by atoms with E-state index in [-0.39, 0.29) is 18.3 Å². The van der Waals surface area contributed by atoms with E-state index in [0.717, 1.165) is 77.7 Å². The second-order valence-electron chi connectivity index (χ2n) is 7.79. The fourth-order valence-corrected chi connectivity index (χ4v) is 4.33. The molecule has 2 amide bonds. The van der Waals surface area contributed by atoms with Crippen molar-refractivity contribution in [3.05, 3.63) is 0 Å². The molecule has 1 saturated carbocycles. The summed E-state index contributed by atoms with van der Waals surface area (Å²) in [6, 6.07) is 0. The van der Waals surface area contributed by atoms with Gasteiger partial charge >= 0.3 is 0 Å². The van der Waals surface area contributed by atoms with E-state index in [2.05, 4.69) is 10.2 Å². The average molecular weight is 387 g/mol. The van der Waals surface area contributed by atoms with Gasteiger partial charge in [-0.2, -0.15) is 0 Å². The molecule has 0 aromatic carbocycles. The van der Waals surface area contributed by atoms with Crippen LogP contribution in [-0.2, 0) is 9.59 Å². The maximum absolute atomic E-state index is 12.4. The van der Waals surface area contributed by atoms with Gasteiger partial charge in [-0.1, -0.05) is 25.7 Å². The Hall–Kier alpha value is -0.850. The minimum atomic E-state index is 0. The SMILES string of the molecule is Cl.O=C(CCN1CCN(C(=O)CCC2CCCC2)CC1)N1CCNCC1. The third-order valence-corrected chi connectivity index (χ3v) is 6.08. The molecule has 3 fully saturated rings. The summed E-state index contributed by atoms with van der Waals surface area (Å²) in [5.41, 5.74) is 0. The molecule has 150 valence electrons. The topological polar surface area (TPSA) is 55.9 Å². The number of carbonyl (C=O) groups is 2. The highest BCUT2D eigenvalue weighted by atomic mass is 35.5. The second kappa shape index (κ2) is 11.1. The number of nitrogens with zero attached hydrogens (tertiary/aromatic N) is 3. The van der Waals surface area contributed by atoms with Crippen molar-refractivity contribution in [2.75, 3.05) is 58.9 Å². The van der Waals surface area contributed by atoms with Gasteiger partial charge in [0.25, 0.3) is 0 Å². The van der Waals surface area contributed by atoms with Crippen LogP contribution in [0.25, 0.3) is 0 Å². The van der Waals surface area contributed by atoms with Gasteiger partial charge in [0.15, 0.2) is 0 Å². The normalized spacial score (nSPS) is 22.3. The molecule has 1 aliphatic carbocycles. The molecule has 3 rings (SSSR count). The number of nitrogens with one attached hydrogen (secondary N) is 1. The third-order valence-electron chi connectivity index (χ3n) is 6.08. The molecule has 0 unspecified atom stereocenters. The molecule has 0 spiro atoms. The summed E-state index contributed by atoms with van der Waals surface area (Å²) in [4.78, 5) is 30.9. The largest absolute Gasteiger partial charge is 0.340 e. The van der Waals surface area contributed by atoms with E-state index in [9.17, 15) is 9.59 Å². The molecular weight excluding hydrogens is 352 g/mol. The molecule has 6 nitrogen and oxygen atoms in total. The van der Waals surface area contributed by atoms with Gasteiger partial charge in [-0.05, 0) is 12.3 Å². The number of hydrogen-bond acceptors (Lipinski definition) is 4. The van der Waals surface area contributed by atoms with E-state index in [4.69, 9.17) is 0 Å². The Bertz CT molecular complexity index is 443. The highest BCUT2D eigenvalue weighted by Gasteiger charge is 2.24. The van der Waals surface area contributed by atoms with E-state index in [0.29, 0.717) is 12.3 Å². The Morgan fingerprint density at radius 1 is 0.808 bits per heavy atom. The van der Waals surface area contributed by atoms with Crippen LogP contribution in [0.4, 0.5) is 0 Å². The van der Waals surface area contributed by atoms with Crippen molar-refractivity contribution in [1.29, 1.82) is 0 Å². The lowest BCUT2D eigenvalue weighted by atomic mass is 10.0. The van der Waals surface area contributed by atoms with Crippen LogP contribution in [-0.4, -0.2) is 85.4 Å². The van der Waals surface area contributed by atoms with Crippen LogP contribution in [0.2, 0.25) is 0 Å². The van der Waals surface area contributed by atoms with Crippen LogP contribution < -0.4 is 5.32 Å². The molecule has 1 N–H and O–H groups in total. The van der Waals surface area contributed by atoms with E-state index < -0.39 is 0 Å². The lowest BCUT2D eigenvalue weighted by Crippen LogP contribution is -2.50. The Morgan fingerprint density at radius 3 is 2.04 bits per heavy atom. The summed E-state index contributed by atoms with van der Waals surface area (Å²) in [5, 5.41) is 3.28. The summed E-state index contributed by atoms with van der Waals surface area (Å²) in [5.74, 6) is 1.40. The average Bonchev–Trinajstić information content (AvgIpc) is 3.19.